The fraction of sp³-hybridized carbons (Fsp3) is 0. The van der Waals surface area contributed by atoms with Crippen molar-refractivity contribution in [1.29, 1.82) is 0 Å². The maximum Gasteiger partial charge on any atom is 0.153 e. The van der Waals surface area contributed by atoms with Crippen molar-refractivity contribution in [2.45, 2.75) is 0 Å². The van der Waals surface area contributed by atoms with E-state index in [1.807, 2.05) is 0 Å². The molecule has 0 saturated carbocycles. The maximum absolute atomic E-state index is 5.74. The Morgan fingerprint density at radius 3 is 2.85 bits per heavy atom. The van der Waals surface area contributed by atoms with Crippen LogP contribution in [0.15, 0.2) is 16.9 Å². The largest absolute Gasteiger partial charge is 0.382 e. The van der Waals surface area contributed by atoms with E-state index >= 15 is 0 Å². The fourth-order valence-corrected chi connectivity index (χ4v) is 1.82. The number of nitrogens with two attached hydrogens (primary N) is 1. The summed E-state index contributed by atoms with van der Waals surface area (Å²) in [6.07, 6.45) is 1.39. The molecule has 66 valence electrons. The number of anilines is 1. The molecule has 2 N–H and O–H groups in total. The molecule has 2 rings (SSSR count). The van der Waals surface area contributed by atoms with Gasteiger partial charge in [0, 0.05) is 4.47 Å². The minimum absolute atomic E-state index is 0.327. The Bertz CT molecular complexity index is 473. The predicted molar refractivity (Wildman–Crippen MR) is 54.5 cm³/mol. The fourth-order valence-electron chi connectivity index (χ4n) is 0.989. The van der Waals surface area contributed by atoms with Gasteiger partial charge in [0.1, 0.15) is 22.5 Å². The highest BCUT2D eigenvalue weighted by molar-refractivity contribution is 9.10. The molecule has 2 aromatic heterocycles. The van der Waals surface area contributed by atoms with Crippen molar-refractivity contribution in [3.8, 4) is 0 Å². The monoisotopic (exact) mass is 258 g/mol. The number of fused-ring (bicyclic) bond motifs is 1. The van der Waals surface area contributed by atoms with Gasteiger partial charge in [0.25, 0.3) is 0 Å². The Hall–Kier alpha value is -0.940. The quantitative estimate of drug-likeness (QED) is 0.735. The molecular formula is C7H4BrClN4. The summed E-state index contributed by atoms with van der Waals surface area (Å²) in [7, 11) is 0. The zero-order chi connectivity index (χ0) is 9.42. The third-order valence-electron chi connectivity index (χ3n) is 1.54. The topological polar surface area (TPSA) is 64.7 Å². The molecule has 0 aromatic carbocycles. The van der Waals surface area contributed by atoms with Gasteiger partial charge in [-0.1, -0.05) is 11.6 Å². The minimum Gasteiger partial charge on any atom is -0.382 e. The second-order valence-electron chi connectivity index (χ2n) is 2.38. The summed E-state index contributed by atoms with van der Waals surface area (Å²) in [5, 5.41) is 0.362. The Kier molecular flexibility index (Phi) is 2.05. The Balaban J connectivity index is 2.94. The van der Waals surface area contributed by atoms with E-state index in [-0.39, 0.29) is 0 Å². The lowest BCUT2D eigenvalue weighted by Crippen LogP contribution is -1.95. The average molecular weight is 259 g/mol. The van der Waals surface area contributed by atoms with E-state index in [2.05, 4.69) is 30.9 Å². The smallest absolute Gasteiger partial charge is 0.153 e. The van der Waals surface area contributed by atoms with Crippen LogP contribution in [0.5, 0.6) is 0 Å². The van der Waals surface area contributed by atoms with Gasteiger partial charge < -0.3 is 5.73 Å². The molecule has 0 fully saturated rings. The van der Waals surface area contributed by atoms with Crippen LogP contribution in [0.3, 0.4) is 0 Å². The molecule has 0 spiro atoms. The molecule has 2 aromatic rings. The SMILES string of the molecule is Nc1ncnc2c(Br)cc(Cl)nc12. The van der Waals surface area contributed by atoms with Crippen LogP contribution < -0.4 is 5.73 Å². The van der Waals surface area contributed by atoms with Gasteiger partial charge >= 0.3 is 0 Å². The summed E-state index contributed by atoms with van der Waals surface area (Å²) < 4.78 is 0.761. The van der Waals surface area contributed by atoms with Gasteiger partial charge in [0.15, 0.2) is 5.82 Å². The Labute approximate surface area is 87.3 Å². The first-order valence-electron chi connectivity index (χ1n) is 3.40. The van der Waals surface area contributed by atoms with E-state index in [0.717, 1.165) is 4.47 Å². The van der Waals surface area contributed by atoms with Crippen LogP contribution in [-0.2, 0) is 0 Å². The second kappa shape index (κ2) is 3.08. The van der Waals surface area contributed by atoms with Crippen molar-refractivity contribution in [2.24, 2.45) is 0 Å². The van der Waals surface area contributed by atoms with Crippen molar-refractivity contribution >= 4 is 44.4 Å². The van der Waals surface area contributed by atoms with Gasteiger partial charge in [-0.3, -0.25) is 0 Å². The molecule has 0 aliphatic heterocycles. The van der Waals surface area contributed by atoms with Crippen molar-refractivity contribution in [3.63, 3.8) is 0 Å². The Morgan fingerprint density at radius 2 is 2.08 bits per heavy atom. The summed E-state index contributed by atoms with van der Waals surface area (Å²) in [5.41, 5.74) is 6.78. The van der Waals surface area contributed by atoms with E-state index in [1.54, 1.807) is 6.07 Å². The van der Waals surface area contributed by atoms with Gasteiger partial charge in [-0.25, -0.2) is 15.0 Å². The van der Waals surface area contributed by atoms with Crippen LogP contribution in [0.25, 0.3) is 11.0 Å². The lowest BCUT2D eigenvalue weighted by atomic mass is 10.3. The molecule has 13 heavy (non-hydrogen) atoms. The number of hydrogen-bond donors (Lipinski definition) is 1. The van der Waals surface area contributed by atoms with Crippen LogP contribution in [0.4, 0.5) is 5.82 Å². The standard InChI is InChI=1S/C7H4BrClN4/c8-3-1-4(9)13-6-5(3)11-2-12-7(6)10/h1-2H,(H2,10,11,12). The van der Waals surface area contributed by atoms with E-state index < -0.39 is 0 Å². The normalized spacial score (nSPS) is 10.6. The van der Waals surface area contributed by atoms with Gasteiger partial charge in [-0.05, 0) is 22.0 Å². The molecule has 2 heterocycles. The zero-order valence-electron chi connectivity index (χ0n) is 6.33. The molecular weight excluding hydrogens is 255 g/mol. The summed E-state index contributed by atoms with van der Waals surface area (Å²) in [5.74, 6) is 0.327. The number of rotatable bonds is 0. The van der Waals surface area contributed by atoms with Crippen molar-refractivity contribution < 1.29 is 0 Å². The summed E-state index contributed by atoms with van der Waals surface area (Å²) in [6.45, 7) is 0. The predicted octanol–water partition coefficient (Wildman–Crippen LogP) is 2.02. The number of pyridine rings is 1. The summed E-state index contributed by atoms with van der Waals surface area (Å²) in [6, 6.07) is 1.66. The molecule has 0 bridgehead atoms. The van der Waals surface area contributed by atoms with Crippen LogP contribution in [0.2, 0.25) is 5.15 Å². The molecule has 4 nitrogen and oxygen atoms in total. The summed E-state index contributed by atoms with van der Waals surface area (Å²) >= 11 is 9.06. The first kappa shape index (κ1) is 8.65. The number of halogens is 2. The molecule has 0 atom stereocenters. The van der Waals surface area contributed by atoms with Crippen molar-refractivity contribution in [3.05, 3.63) is 22.0 Å². The lowest BCUT2D eigenvalue weighted by Gasteiger charge is -2.01. The zero-order valence-corrected chi connectivity index (χ0v) is 8.67. The molecule has 0 aliphatic carbocycles. The van der Waals surface area contributed by atoms with Crippen LogP contribution in [0, 0.1) is 0 Å². The molecule has 0 unspecified atom stereocenters. The number of nitrogens with zero attached hydrogens (tertiary/aromatic N) is 3. The van der Waals surface area contributed by atoms with E-state index in [1.165, 1.54) is 6.33 Å². The first-order valence-corrected chi connectivity index (χ1v) is 4.58. The van der Waals surface area contributed by atoms with Crippen LogP contribution >= 0.6 is 27.5 Å². The van der Waals surface area contributed by atoms with Gasteiger partial charge in [-0.15, -0.1) is 0 Å². The van der Waals surface area contributed by atoms with Gasteiger partial charge in [-0.2, -0.15) is 0 Å². The maximum atomic E-state index is 5.74. The van der Waals surface area contributed by atoms with Crippen molar-refractivity contribution in [1.82, 2.24) is 15.0 Å². The number of hydrogen-bond acceptors (Lipinski definition) is 4. The van der Waals surface area contributed by atoms with E-state index in [9.17, 15) is 0 Å². The highest BCUT2D eigenvalue weighted by Gasteiger charge is 2.06. The van der Waals surface area contributed by atoms with E-state index in [0.29, 0.717) is 22.0 Å². The Morgan fingerprint density at radius 1 is 1.31 bits per heavy atom. The number of nitrogen functional groups attached to an aromatic ring is 1. The number of aromatic nitrogens is 3. The average Bonchev–Trinajstić information content (AvgIpc) is 2.07. The highest BCUT2D eigenvalue weighted by atomic mass is 79.9. The minimum atomic E-state index is 0.327. The highest BCUT2D eigenvalue weighted by Crippen LogP contribution is 2.25. The summed E-state index contributed by atoms with van der Waals surface area (Å²) in [4.78, 5) is 11.9. The lowest BCUT2D eigenvalue weighted by molar-refractivity contribution is 1.20. The van der Waals surface area contributed by atoms with Crippen LogP contribution in [-0.4, -0.2) is 15.0 Å². The van der Waals surface area contributed by atoms with Crippen LogP contribution in [0.1, 0.15) is 0 Å². The molecule has 6 heteroatoms. The van der Waals surface area contributed by atoms with Gasteiger partial charge in [0.2, 0.25) is 0 Å². The van der Waals surface area contributed by atoms with Gasteiger partial charge in [0.05, 0.1) is 0 Å². The molecule has 0 aliphatic rings. The molecule has 0 amide bonds. The first-order chi connectivity index (χ1) is 6.18. The molecule has 0 saturated heterocycles. The third-order valence-corrected chi connectivity index (χ3v) is 2.34. The molecule has 0 radical (unpaired) electrons. The van der Waals surface area contributed by atoms with E-state index in [4.69, 9.17) is 17.3 Å². The third kappa shape index (κ3) is 1.45. The second-order valence-corrected chi connectivity index (χ2v) is 3.62. The van der Waals surface area contributed by atoms with Crippen molar-refractivity contribution in [2.75, 3.05) is 5.73 Å².